The van der Waals surface area contributed by atoms with Gasteiger partial charge in [0.05, 0.1) is 5.75 Å². The summed E-state index contributed by atoms with van der Waals surface area (Å²) in [5.41, 5.74) is 9.99. The van der Waals surface area contributed by atoms with Crippen molar-refractivity contribution in [2.24, 2.45) is 11.7 Å². The Kier molecular flexibility index (Phi) is 5.83. The van der Waals surface area contributed by atoms with Crippen molar-refractivity contribution in [3.8, 4) is 5.75 Å². The van der Waals surface area contributed by atoms with Crippen molar-refractivity contribution in [1.29, 1.82) is 0 Å². The first kappa shape index (κ1) is 20.2. The molecule has 2 heterocycles. The van der Waals surface area contributed by atoms with Crippen LogP contribution in [0.2, 0.25) is 0 Å². The molecule has 0 saturated carbocycles. The fourth-order valence-corrected chi connectivity index (χ4v) is 6.17. The highest BCUT2D eigenvalue weighted by molar-refractivity contribution is 7.91. The van der Waals surface area contributed by atoms with Crippen molar-refractivity contribution in [2.75, 3.05) is 36.1 Å². The van der Waals surface area contributed by atoms with Crippen LogP contribution in [0, 0.1) is 5.92 Å². The van der Waals surface area contributed by atoms with Gasteiger partial charge in [0.1, 0.15) is 12.4 Å². The molecule has 2 unspecified atom stereocenters. The molecule has 0 radical (unpaired) electrons. The number of sulfone groups is 1. The zero-order chi connectivity index (χ0) is 20.4. The first-order valence-corrected chi connectivity index (χ1v) is 12.3. The Balaban J connectivity index is 1.48. The summed E-state index contributed by atoms with van der Waals surface area (Å²) in [6, 6.07) is 16.7. The number of rotatable bonds is 7. The molecule has 29 heavy (non-hydrogen) atoms. The van der Waals surface area contributed by atoms with Crippen LogP contribution in [0.3, 0.4) is 0 Å². The van der Waals surface area contributed by atoms with Gasteiger partial charge in [0, 0.05) is 48.0 Å². The predicted octanol–water partition coefficient (Wildman–Crippen LogP) is 2.99. The fraction of sp³-hybridized carbons (Fsp3) is 0.478. The second-order valence-corrected chi connectivity index (χ2v) is 10.6. The lowest BCUT2D eigenvalue weighted by Crippen LogP contribution is -2.50. The molecule has 0 aromatic heterocycles. The maximum absolute atomic E-state index is 12.1. The summed E-state index contributed by atoms with van der Waals surface area (Å²) >= 11 is 0. The molecule has 2 aliphatic rings. The van der Waals surface area contributed by atoms with E-state index in [9.17, 15) is 8.42 Å². The first-order chi connectivity index (χ1) is 13.9. The molecule has 1 fully saturated rings. The molecule has 2 atom stereocenters. The van der Waals surface area contributed by atoms with Crippen LogP contribution in [0.25, 0.3) is 0 Å². The third kappa shape index (κ3) is 4.59. The predicted molar refractivity (Wildman–Crippen MR) is 117 cm³/mol. The van der Waals surface area contributed by atoms with Gasteiger partial charge in [0.25, 0.3) is 0 Å². The first-order valence-electron chi connectivity index (χ1n) is 10.5. The summed E-state index contributed by atoms with van der Waals surface area (Å²) in [6.45, 7) is 4.03. The Morgan fingerprint density at radius 2 is 1.90 bits per heavy atom. The van der Waals surface area contributed by atoms with Gasteiger partial charge in [-0.15, -0.1) is 0 Å². The molecule has 5 nitrogen and oxygen atoms in total. The highest BCUT2D eigenvalue weighted by Crippen LogP contribution is 2.39. The molecule has 6 heteroatoms. The van der Waals surface area contributed by atoms with E-state index in [1.54, 1.807) is 0 Å². The summed E-state index contributed by atoms with van der Waals surface area (Å²) in [5, 5.41) is 0. The zero-order valence-corrected chi connectivity index (χ0v) is 17.8. The van der Waals surface area contributed by atoms with Crippen LogP contribution in [-0.4, -0.2) is 45.7 Å². The van der Waals surface area contributed by atoms with E-state index in [2.05, 4.69) is 41.3 Å². The van der Waals surface area contributed by atoms with E-state index in [1.807, 2.05) is 19.1 Å². The van der Waals surface area contributed by atoms with Crippen molar-refractivity contribution in [3.05, 3.63) is 59.7 Å². The standard InChI is InChI=1S/C23H30N2O3S/c1-2-10-29(26,27)16-18-13-25(14-18)19-8-9-23-21(12-19)20(22(24)15-28-23)11-17-6-4-3-5-7-17/h3-9,12,18,20,22H,2,10-11,13-16,24H2,1H3. The molecule has 0 aliphatic carbocycles. The van der Waals surface area contributed by atoms with E-state index < -0.39 is 9.84 Å². The van der Waals surface area contributed by atoms with E-state index in [-0.39, 0.29) is 17.9 Å². The number of benzene rings is 2. The highest BCUT2D eigenvalue weighted by atomic mass is 32.2. The van der Waals surface area contributed by atoms with Crippen molar-refractivity contribution in [1.82, 2.24) is 0 Å². The van der Waals surface area contributed by atoms with Gasteiger partial charge in [-0.3, -0.25) is 0 Å². The minimum absolute atomic E-state index is 0.0405. The van der Waals surface area contributed by atoms with Gasteiger partial charge in [0.2, 0.25) is 0 Å². The lowest BCUT2D eigenvalue weighted by atomic mass is 9.84. The number of anilines is 1. The number of ether oxygens (including phenoxy) is 1. The average molecular weight is 415 g/mol. The van der Waals surface area contributed by atoms with E-state index in [4.69, 9.17) is 10.5 Å². The molecule has 2 aliphatic heterocycles. The van der Waals surface area contributed by atoms with Crippen molar-refractivity contribution in [3.63, 3.8) is 0 Å². The molecule has 2 N–H and O–H groups in total. The molecule has 4 rings (SSSR count). The second-order valence-electron chi connectivity index (χ2n) is 8.38. The van der Waals surface area contributed by atoms with Gasteiger partial charge in [-0.25, -0.2) is 8.42 Å². The number of fused-ring (bicyclic) bond motifs is 1. The Morgan fingerprint density at radius 1 is 1.14 bits per heavy atom. The van der Waals surface area contributed by atoms with Gasteiger partial charge in [-0.1, -0.05) is 37.3 Å². The summed E-state index contributed by atoms with van der Waals surface area (Å²) in [4.78, 5) is 2.26. The Bertz CT molecular complexity index is 940. The third-order valence-corrected chi connectivity index (χ3v) is 7.98. The molecule has 0 bridgehead atoms. The van der Waals surface area contributed by atoms with Gasteiger partial charge in [-0.2, -0.15) is 0 Å². The maximum atomic E-state index is 12.1. The topological polar surface area (TPSA) is 72.6 Å². The zero-order valence-electron chi connectivity index (χ0n) is 17.0. The van der Waals surface area contributed by atoms with Crippen LogP contribution < -0.4 is 15.4 Å². The minimum atomic E-state index is -2.93. The van der Waals surface area contributed by atoms with Crippen LogP contribution in [0.5, 0.6) is 5.75 Å². The van der Waals surface area contributed by atoms with Gasteiger partial charge >= 0.3 is 0 Å². The molecule has 156 valence electrons. The van der Waals surface area contributed by atoms with Crippen molar-refractivity contribution >= 4 is 15.5 Å². The quantitative estimate of drug-likeness (QED) is 0.754. The van der Waals surface area contributed by atoms with Gasteiger partial charge in [0.15, 0.2) is 9.84 Å². The lowest BCUT2D eigenvalue weighted by Gasteiger charge is -2.42. The summed E-state index contributed by atoms with van der Waals surface area (Å²) in [5.74, 6) is 1.94. The molecule has 2 aromatic carbocycles. The molecule has 2 aromatic rings. The summed E-state index contributed by atoms with van der Waals surface area (Å²) < 4.78 is 30.0. The van der Waals surface area contributed by atoms with E-state index in [1.165, 1.54) is 5.56 Å². The van der Waals surface area contributed by atoms with E-state index in [0.29, 0.717) is 24.5 Å². The number of nitrogens with two attached hydrogens (primary N) is 1. The molecule has 1 saturated heterocycles. The minimum Gasteiger partial charge on any atom is -0.492 e. The SMILES string of the molecule is CCCS(=O)(=O)CC1CN(c2ccc3c(c2)C(Cc2ccccc2)C(N)CO3)C1. The van der Waals surface area contributed by atoms with Crippen LogP contribution in [-0.2, 0) is 16.3 Å². The molecular weight excluding hydrogens is 384 g/mol. The maximum Gasteiger partial charge on any atom is 0.150 e. The highest BCUT2D eigenvalue weighted by Gasteiger charge is 2.33. The summed E-state index contributed by atoms with van der Waals surface area (Å²) in [7, 11) is -2.93. The lowest BCUT2D eigenvalue weighted by molar-refractivity contribution is 0.238. The number of hydrogen-bond acceptors (Lipinski definition) is 5. The van der Waals surface area contributed by atoms with Gasteiger partial charge in [-0.05, 0) is 36.6 Å². The van der Waals surface area contributed by atoms with Crippen LogP contribution >= 0.6 is 0 Å². The van der Waals surface area contributed by atoms with Crippen LogP contribution in [0.1, 0.15) is 30.4 Å². The Morgan fingerprint density at radius 3 is 2.62 bits per heavy atom. The molecule has 0 spiro atoms. The van der Waals surface area contributed by atoms with Crippen molar-refractivity contribution < 1.29 is 13.2 Å². The van der Waals surface area contributed by atoms with E-state index in [0.717, 1.165) is 36.5 Å². The van der Waals surface area contributed by atoms with Crippen LogP contribution in [0.15, 0.2) is 48.5 Å². The van der Waals surface area contributed by atoms with E-state index >= 15 is 0 Å². The Hall–Kier alpha value is -2.05. The number of hydrogen-bond donors (Lipinski definition) is 1. The van der Waals surface area contributed by atoms with Gasteiger partial charge < -0.3 is 15.4 Å². The Labute approximate surface area is 173 Å². The van der Waals surface area contributed by atoms with Crippen LogP contribution in [0.4, 0.5) is 5.69 Å². The monoisotopic (exact) mass is 414 g/mol. The van der Waals surface area contributed by atoms with Crippen molar-refractivity contribution in [2.45, 2.75) is 31.7 Å². The second kappa shape index (κ2) is 8.36. The normalized spacial score (nSPS) is 21.9. The third-order valence-electron chi connectivity index (χ3n) is 5.97. The largest absolute Gasteiger partial charge is 0.492 e. The molecule has 0 amide bonds. The number of nitrogens with zero attached hydrogens (tertiary/aromatic N) is 1. The molecular formula is C23H30N2O3S. The summed E-state index contributed by atoms with van der Waals surface area (Å²) in [6.07, 6.45) is 1.58. The fourth-order valence-electron chi connectivity index (χ4n) is 4.46. The average Bonchev–Trinajstić information content (AvgIpc) is 2.67. The smallest absolute Gasteiger partial charge is 0.150 e.